The lowest BCUT2D eigenvalue weighted by atomic mass is 10.3. The van der Waals surface area contributed by atoms with E-state index in [1.807, 2.05) is 12.1 Å². The molecule has 1 amide bonds. The summed E-state index contributed by atoms with van der Waals surface area (Å²) in [4.78, 5) is 24.0. The predicted molar refractivity (Wildman–Crippen MR) is 105 cm³/mol. The first-order valence-electron chi connectivity index (χ1n) is 7.67. The molecule has 3 rings (SSSR count). The lowest BCUT2D eigenvalue weighted by Gasteiger charge is -2.09. The third-order valence-electron chi connectivity index (χ3n) is 3.44. The van der Waals surface area contributed by atoms with Gasteiger partial charge in [0.1, 0.15) is 23.1 Å². The zero-order valence-electron chi connectivity index (χ0n) is 13.7. The molecule has 0 saturated heterocycles. The average Bonchev–Trinajstić information content (AvgIpc) is 2.66. The van der Waals surface area contributed by atoms with E-state index in [-0.39, 0.29) is 16.6 Å². The second kappa shape index (κ2) is 8.43. The van der Waals surface area contributed by atoms with Crippen LogP contribution in [-0.4, -0.2) is 15.7 Å². The van der Waals surface area contributed by atoms with Crippen LogP contribution in [0.1, 0.15) is 0 Å². The van der Waals surface area contributed by atoms with Crippen molar-refractivity contribution in [3.05, 3.63) is 80.1 Å². The summed E-state index contributed by atoms with van der Waals surface area (Å²) in [5.74, 6) is 0.646. The van der Waals surface area contributed by atoms with Gasteiger partial charge in [0.15, 0.2) is 0 Å². The van der Waals surface area contributed by atoms with Crippen LogP contribution in [0.3, 0.4) is 0 Å². The number of aromatic nitrogens is 2. The molecule has 0 radical (unpaired) electrons. The molecule has 9 heteroatoms. The number of anilines is 1. The molecule has 1 aromatic heterocycles. The number of nitrogens with zero attached hydrogens (tertiary/aromatic N) is 2. The second-order valence-electron chi connectivity index (χ2n) is 5.37. The van der Waals surface area contributed by atoms with Gasteiger partial charge < -0.3 is 10.1 Å². The average molecular weight is 425 g/mol. The fourth-order valence-corrected chi connectivity index (χ4v) is 2.60. The maximum atomic E-state index is 12.1. The fourth-order valence-electron chi connectivity index (χ4n) is 2.15. The molecule has 6 nitrogen and oxygen atoms in total. The van der Waals surface area contributed by atoms with E-state index in [0.29, 0.717) is 22.2 Å². The zero-order chi connectivity index (χ0) is 19.4. The number of amides is 1. The molecule has 1 N–H and O–H groups in total. The quantitative estimate of drug-likeness (QED) is 0.648. The van der Waals surface area contributed by atoms with E-state index in [2.05, 4.69) is 10.4 Å². The molecule has 138 valence electrons. The standard InChI is InChI=1S/C18H12Cl3N3O3/c19-13-3-1-2-4-15(13)27-12-7-5-11(6-8-12)23-16(25)10-24-18(26)17(21)14(20)9-22-24/h1-9H,10H2,(H,23,25). The SMILES string of the molecule is O=C(Cn1ncc(Cl)c(Cl)c1=O)Nc1ccc(Oc2ccccc2Cl)cc1. The molecular weight excluding hydrogens is 413 g/mol. The van der Waals surface area contributed by atoms with Gasteiger partial charge in [0.25, 0.3) is 5.56 Å². The van der Waals surface area contributed by atoms with Crippen LogP contribution in [-0.2, 0) is 11.3 Å². The largest absolute Gasteiger partial charge is 0.456 e. The Morgan fingerprint density at radius 1 is 1.04 bits per heavy atom. The van der Waals surface area contributed by atoms with Gasteiger partial charge in [-0.15, -0.1) is 0 Å². The minimum atomic E-state index is -0.636. The monoisotopic (exact) mass is 423 g/mol. The Hall–Kier alpha value is -2.54. The van der Waals surface area contributed by atoms with Crippen LogP contribution < -0.4 is 15.6 Å². The van der Waals surface area contributed by atoms with E-state index in [1.54, 1.807) is 36.4 Å². The molecule has 0 aliphatic carbocycles. The van der Waals surface area contributed by atoms with E-state index in [4.69, 9.17) is 39.5 Å². The van der Waals surface area contributed by atoms with Gasteiger partial charge in [-0.2, -0.15) is 5.10 Å². The van der Waals surface area contributed by atoms with E-state index in [1.165, 1.54) is 6.20 Å². The van der Waals surface area contributed by atoms with Crippen LogP contribution in [0.25, 0.3) is 0 Å². The normalized spacial score (nSPS) is 10.5. The molecule has 0 fully saturated rings. The molecule has 1 heterocycles. The number of carbonyl (C=O) groups excluding carboxylic acids is 1. The number of benzene rings is 2. The van der Waals surface area contributed by atoms with Gasteiger partial charge in [0.2, 0.25) is 5.91 Å². The van der Waals surface area contributed by atoms with Crippen molar-refractivity contribution in [2.24, 2.45) is 0 Å². The molecule has 2 aromatic carbocycles. The third-order valence-corrected chi connectivity index (χ3v) is 4.50. The van der Waals surface area contributed by atoms with Crippen LogP contribution >= 0.6 is 34.8 Å². The number of para-hydroxylation sites is 1. The highest BCUT2D eigenvalue weighted by atomic mass is 35.5. The number of ether oxygens (including phenoxy) is 1. The predicted octanol–water partition coefficient (Wildman–Crippen LogP) is 4.63. The second-order valence-corrected chi connectivity index (χ2v) is 6.57. The number of halogens is 3. The smallest absolute Gasteiger partial charge is 0.287 e. The summed E-state index contributed by atoms with van der Waals surface area (Å²) in [6.07, 6.45) is 1.21. The summed E-state index contributed by atoms with van der Waals surface area (Å²) < 4.78 is 6.61. The van der Waals surface area contributed by atoms with Crippen molar-refractivity contribution in [3.63, 3.8) is 0 Å². The van der Waals surface area contributed by atoms with Gasteiger partial charge in [-0.3, -0.25) is 9.59 Å². The van der Waals surface area contributed by atoms with E-state index < -0.39 is 11.5 Å². The van der Waals surface area contributed by atoms with E-state index in [9.17, 15) is 9.59 Å². The Kier molecular flexibility index (Phi) is 6.01. The summed E-state index contributed by atoms with van der Waals surface area (Å²) in [6.45, 7) is -0.298. The molecule has 0 spiro atoms. The number of nitrogens with one attached hydrogen (secondary N) is 1. The Morgan fingerprint density at radius 3 is 2.44 bits per heavy atom. The maximum Gasteiger partial charge on any atom is 0.287 e. The minimum absolute atomic E-state index is 0.0347. The van der Waals surface area contributed by atoms with Crippen molar-refractivity contribution in [1.29, 1.82) is 0 Å². The van der Waals surface area contributed by atoms with E-state index in [0.717, 1.165) is 4.68 Å². The third kappa shape index (κ3) is 4.80. The Labute approximate surface area is 169 Å². The van der Waals surface area contributed by atoms with Gasteiger partial charge in [-0.25, -0.2) is 4.68 Å². The topological polar surface area (TPSA) is 73.2 Å². The van der Waals surface area contributed by atoms with Crippen molar-refractivity contribution in [2.75, 3.05) is 5.32 Å². The highest BCUT2D eigenvalue weighted by Gasteiger charge is 2.11. The van der Waals surface area contributed by atoms with Crippen molar-refractivity contribution >= 4 is 46.4 Å². The number of hydrogen-bond donors (Lipinski definition) is 1. The minimum Gasteiger partial charge on any atom is -0.456 e. The maximum absolute atomic E-state index is 12.1. The molecule has 0 aliphatic heterocycles. The highest BCUT2D eigenvalue weighted by molar-refractivity contribution is 6.41. The summed E-state index contributed by atoms with van der Waals surface area (Å²) in [5.41, 5.74) is -0.109. The van der Waals surface area contributed by atoms with Crippen LogP contribution in [0.5, 0.6) is 11.5 Å². The number of hydrogen-bond acceptors (Lipinski definition) is 4. The van der Waals surface area contributed by atoms with Gasteiger partial charge in [0.05, 0.1) is 16.2 Å². The van der Waals surface area contributed by atoms with Crippen LogP contribution in [0, 0.1) is 0 Å². The molecule has 0 atom stereocenters. The first-order valence-corrected chi connectivity index (χ1v) is 8.81. The van der Waals surface area contributed by atoms with Crippen molar-refractivity contribution in [2.45, 2.75) is 6.54 Å². The first-order chi connectivity index (χ1) is 12.9. The van der Waals surface area contributed by atoms with Crippen molar-refractivity contribution in [3.8, 4) is 11.5 Å². The zero-order valence-corrected chi connectivity index (χ0v) is 15.9. The fraction of sp³-hybridized carbons (Fsp3) is 0.0556. The van der Waals surface area contributed by atoms with Crippen LogP contribution in [0.2, 0.25) is 15.1 Å². The van der Waals surface area contributed by atoms with Gasteiger partial charge in [0, 0.05) is 5.69 Å². The van der Waals surface area contributed by atoms with Gasteiger partial charge in [-0.05, 0) is 36.4 Å². The van der Waals surface area contributed by atoms with Gasteiger partial charge in [-0.1, -0.05) is 46.9 Å². The summed E-state index contributed by atoms with van der Waals surface area (Å²) >= 11 is 17.5. The number of carbonyl (C=O) groups is 1. The first kappa shape index (κ1) is 19.2. The lowest BCUT2D eigenvalue weighted by molar-refractivity contribution is -0.117. The molecule has 27 heavy (non-hydrogen) atoms. The van der Waals surface area contributed by atoms with Crippen LogP contribution in [0.15, 0.2) is 59.5 Å². The Bertz CT molecular complexity index is 1040. The van der Waals surface area contributed by atoms with Crippen LogP contribution in [0.4, 0.5) is 5.69 Å². The molecule has 0 aliphatic rings. The summed E-state index contributed by atoms with van der Waals surface area (Å²) in [7, 11) is 0. The highest BCUT2D eigenvalue weighted by Crippen LogP contribution is 2.29. The van der Waals surface area contributed by atoms with Crippen molar-refractivity contribution < 1.29 is 9.53 Å². The molecule has 0 bridgehead atoms. The van der Waals surface area contributed by atoms with Gasteiger partial charge >= 0.3 is 0 Å². The number of rotatable bonds is 5. The Balaban J connectivity index is 1.64. The molecule has 0 saturated carbocycles. The summed E-state index contributed by atoms with van der Waals surface area (Å²) in [6, 6.07) is 13.8. The Morgan fingerprint density at radius 2 is 1.74 bits per heavy atom. The molecule has 0 unspecified atom stereocenters. The summed E-state index contributed by atoms with van der Waals surface area (Å²) in [5, 5.41) is 6.79. The van der Waals surface area contributed by atoms with E-state index >= 15 is 0 Å². The van der Waals surface area contributed by atoms with Crippen molar-refractivity contribution in [1.82, 2.24) is 9.78 Å². The molecule has 3 aromatic rings. The lowest BCUT2D eigenvalue weighted by Crippen LogP contribution is -2.29. The molecular formula is C18H12Cl3N3O3.